The largest absolute Gasteiger partial charge is 0.343 e. The van der Waals surface area contributed by atoms with Crippen molar-refractivity contribution in [3.05, 3.63) is 53.9 Å². The first-order valence-corrected chi connectivity index (χ1v) is 10.7. The van der Waals surface area contributed by atoms with E-state index in [9.17, 15) is 4.79 Å². The molecule has 5 heteroatoms. The third kappa shape index (κ3) is 4.64. The molecular formula is C23H32N4O. The van der Waals surface area contributed by atoms with Crippen molar-refractivity contribution in [2.75, 3.05) is 26.2 Å². The fraction of sp³-hybridized carbons (Fsp3) is 0.565. The zero-order chi connectivity index (χ0) is 19.4. The lowest BCUT2D eigenvalue weighted by Gasteiger charge is -2.47. The number of hydrogen-bond acceptors (Lipinski definition) is 3. The first-order valence-electron chi connectivity index (χ1n) is 10.7. The standard InChI is InChI=1S/C23H32N4O/c1-20-17-24-27(18-20)12-7-22(28)26-15-10-23(11-16-26)8-13-25(14-9-23)19-21-5-3-2-4-6-21/h2-6,17-18H,7-16,19H2,1H3. The van der Waals surface area contributed by atoms with Crippen molar-refractivity contribution in [2.24, 2.45) is 5.41 Å². The molecule has 5 nitrogen and oxygen atoms in total. The lowest BCUT2D eigenvalue weighted by Crippen LogP contribution is -2.48. The van der Waals surface area contributed by atoms with Gasteiger partial charge in [0.25, 0.3) is 0 Å². The Labute approximate surface area is 168 Å². The number of aryl methyl sites for hydroxylation is 2. The van der Waals surface area contributed by atoms with E-state index in [0.29, 0.717) is 18.4 Å². The molecule has 0 radical (unpaired) electrons. The fourth-order valence-electron chi connectivity index (χ4n) is 4.72. The van der Waals surface area contributed by atoms with Crippen molar-refractivity contribution in [1.29, 1.82) is 0 Å². The molecule has 2 aromatic rings. The third-order valence-corrected chi connectivity index (χ3v) is 6.66. The van der Waals surface area contributed by atoms with Gasteiger partial charge in [-0.15, -0.1) is 0 Å². The average Bonchev–Trinajstić information content (AvgIpc) is 3.15. The summed E-state index contributed by atoms with van der Waals surface area (Å²) in [7, 11) is 0. The smallest absolute Gasteiger partial charge is 0.224 e. The summed E-state index contributed by atoms with van der Waals surface area (Å²) in [4.78, 5) is 17.3. The molecule has 150 valence electrons. The molecule has 0 atom stereocenters. The second-order valence-electron chi connectivity index (χ2n) is 8.67. The molecule has 0 N–H and O–H groups in total. The highest BCUT2D eigenvalue weighted by Crippen LogP contribution is 2.41. The van der Waals surface area contributed by atoms with E-state index in [1.165, 1.54) is 44.3 Å². The van der Waals surface area contributed by atoms with Crippen LogP contribution < -0.4 is 0 Å². The van der Waals surface area contributed by atoms with Crippen molar-refractivity contribution in [1.82, 2.24) is 19.6 Å². The van der Waals surface area contributed by atoms with Crippen LogP contribution in [0, 0.1) is 12.3 Å². The SMILES string of the molecule is Cc1cnn(CCC(=O)N2CCC3(CCN(Cc4ccccc4)CC3)CC2)c1. The Morgan fingerprint density at radius 1 is 1.04 bits per heavy atom. The van der Waals surface area contributed by atoms with Crippen LogP contribution in [0.25, 0.3) is 0 Å². The topological polar surface area (TPSA) is 41.4 Å². The van der Waals surface area contributed by atoms with Crippen LogP contribution in [0.2, 0.25) is 0 Å². The molecule has 4 rings (SSSR count). The number of rotatable bonds is 5. The van der Waals surface area contributed by atoms with Crippen LogP contribution in [0.3, 0.4) is 0 Å². The molecule has 0 saturated carbocycles. The molecule has 2 saturated heterocycles. The molecule has 1 aromatic heterocycles. The van der Waals surface area contributed by atoms with Gasteiger partial charge in [0.05, 0.1) is 6.20 Å². The van der Waals surface area contributed by atoms with E-state index in [4.69, 9.17) is 0 Å². The maximum absolute atomic E-state index is 12.6. The second kappa shape index (κ2) is 8.48. The van der Waals surface area contributed by atoms with E-state index in [0.717, 1.165) is 25.2 Å². The number of benzene rings is 1. The van der Waals surface area contributed by atoms with E-state index in [1.807, 2.05) is 24.0 Å². The van der Waals surface area contributed by atoms with Gasteiger partial charge in [-0.1, -0.05) is 30.3 Å². The second-order valence-corrected chi connectivity index (χ2v) is 8.67. The van der Waals surface area contributed by atoms with Gasteiger partial charge in [0.2, 0.25) is 5.91 Å². The van der Waals surface area contributed by atoms with Gasteiger partial charge in [0.15, 0.2) is 0 Å². The Morgan fingerprint density at radius 2 is 1.71 bits per heavy atom. The predicted octanol–water partition coefficient (Wildman–Crippen LogP) is 3.49. The Balaban J connectivity index is 1.21. The van der Waals surface area contributed by atoms with Gasteiger partial charge in [-0.3, -0.25) is 14.4 Å². The minimum Gasteiger partial charge on any atom is -0.343 e. The molecule has 28 heavy (non-hydrogen) atoms. The molecule has 0 bridgehead atoms. The van der Waals surface area contributed by atoms with Gasteiger partial charge in [-0.05, 0) is 62.2 Å². The normalized spacial score (nSPS) is 19.8. The monoisotopic (exact) mass is 380 g/mol. The number of carbonyl (C=O) groups is 1. The molecule has 2 aliphatic rings. The number of nitrogens with zero attached hydrogens (tertiary/aromatic N) is 4. The molecule has 3 heterocycles. The number of carbonyl (C=O) groups excluding carboxylic acids is 1. The van der Waals surface area contributed by atoms with Crippen LogP contribution >= 0.6 is 0 Å². The number of amides is 1. The summed E-state index contributed by atoms with van der Waals surface area (Å²) in [6.07, 6.45) is 9.28. The Kier molecular flexibility index (Phi) is 5.81. The summed E-state index contributed by atoms with van der Waals surface area (Å²) in [5.41, 5.74) is 3.01. The molecule has 1 aromatic carbocycles. The van der Waals surface area contributed by atoms with Crippen molar-refractivity contribution in [2.45, 2.75) is 52.1 Å². The van der Waals surface area contributed by atoms with Crippen LogP contribution in [0.5, 0.6) is 0 Å². The van der Waals surface area contributed by atoms with E-state index >= 15 is 0 Å². The first kappa shape index (κ1) is 19.2. The van der Waals surface area contributed by atoms with Crippen LogP contribution in [0.1, 0.15) is 43.2 Å². The minimum absolute atomic E-state index is 0.282. The number of likely N-dealkylation sites (tertiary alicyclic amines) is 2. The Hall–Kier alpha value is -2.14. The molecule has 0 aliphatic carbocycles. The highest BCUT2D eigenvalue weighted by atomic mass is 16.2. The zero-order valence-corrected chi connectivity index (χ0v) is 17.0. The van der Waals surface area contributed by atoms with Gasteiger partial charge < -0.3 is 4.90 Å². The summed E-state index contributed by atoms with van der Waals surface area (Å²) < 4.78 is 1.88. The van der Waals surface area contributed by atoms with Crippen LogP contribution in [0.15, 0.2) is 42.7 Å². The number of hydrogen-bond donors (Lipinski definition) is 0. The fourth-order valence-corrected chi connectivity index (χ4v) is 4.72. The summed E-state index contributed by atoms with van der Waals surface area (Å²) in [6.45, 7) is 7.99. The molecule has 0 unspecified atom stereocenters. The van der Waals surface area contributed by atoms with Crippen molar-refractivity contribution >= 4 is 5.91 Å². The summed E-state index contributed by atoms with van der Waals surface area (Å²) >= 11 is 0. The Bertz CT molecular complexity index is 767. The van der Waals surface area contributed by atoms with Gasteiger partial charge in [-0.25, -0.2) is 0 Å². The lowest BCUT2D eigenvalue weighted by atomic mass is 9.71. The third-order valence-electron chi connectivity index (χ3n) is 6.66. The van der Waals surface area contributed by atoms with Gasteiger partial charge in [0.1, 0.15) is 0 Å². The summed E-state index contributed by atoms with van der Waals surface area (Å²) in [5.74, 6) is 0.282. The van der Waals surface area contributed by atoms with E-state index in [2.05, 4.69) is 45.2 Å². The van der Waals surface area contributed by atoms with Gasteiger partial charge in [-0.2, -0.15) is 5.10 Å². The van der Waals surface area contributed by atoms with Crippen LogP contribution in [-0.4, -0.2) is 51.7 Å². The van der Waals surface area contributed by atoms with E-state index < -0.39 is 0 Å². The number of piperidine rings is 2. The summed E-state index contributed by atoms with van der Waals surface area (Å²) in [5, 5.41) is 4.28. The highest BCUT2D eigenvalue weighted by molar-refractivity contribution is 5.76. The quantitative estimate of drug-likeness (QED) is 0.797. The van der Waals surface area contributed by atoms with Crippen LogP contribution in [-0.2, 0) is 17.9 Å². The molecule has 2 fully saturated rings. The highest BCUT2D eigenvalue weighted by Gasteiger charge is 2.38. The van der Waals surface area contributed by atoms with Crippen molar-refractivity contribution < 1.29 is 4.79 Å². The number of aromatic nitrogens is 2. The Morgan fingerprint density at radius 3 is 2.36 bits per heavy atom. The molecule has 1 amide bonds. The summed E-state index contributed by atoms with van der Waals surface area (Å²) in [6, 6.07) is 10.8. The molecule has 2 aliphatic heterocycles. The predicted molar refractivity (Wildman–Crippen MR) is 111 cm³/mol. The molecular weight excluding hydrogens is 348 g/mol. The van der Waals surface area contributed by atoms with Crippen molar-refractivity contribution in [3.63, 3.8) is 0 Å². The van der Waals surface area contributed by atoms with Gasteiger partial charge in [0, 0.05) is 38.8 Å². The first-order chi connectivity index (χ1) is 13.6. The molecule has 1 spiro atoms. The maximum atomic E-state index is 12.6. The maximum Gasteiger partial charge on any atom is 0.224 e. The van der Waals surface area contributed by atoms with E-state index in [-0.39, 0.29) is 5.91 Å². The minimum atomic E-state index is 0.282. The lowest BCUT2D eigenvalue weighted by molar-refractivity contribution is -0.134. The van der Waals surface area contributed by atoms with Gasteiger partial charge >= 0.3 is 0 Å². The van der Waals surface area contributed by atoms with Crippen LogP contribution in [0.4, 0.5) is 0 Å². The van der Waals surface area contributed by atoms with E-state index in [1.54, 1.807) is 0 Å². The average molecular weight is 381 g/mol. The zero-order valence-electron chi connectivity index (χ0n) is 17.0. The van der Waals surface area contributed by atoms with Crippen molar-refractivity contribution in [3.8, 4) is 0 Å².